The van der Waals surface area contributed by atoms with E-state index in [9.17, 15) is 0 Å². The van der Waals surface area contributed by atoms with Crippen molar-refractivity contribution in [2.24, 2.45) is 17.8 Å². The molecule has 19 heavy (non-hydrogen) atoms. The van der Waals surface area contributed by atoms with Gasteiger partial charge in [0.15, 0.2) is 0 Å². The van der Waals surface area contributed by atoms with Crippen molar-refractivity contribution in [1.82, 2.24) is 5.32 Å². The molecule has 4 rings (SSSR count). The summed E-state index contributed by atoms with van der Waals surface area (Å²) in [5.41, 5.74) is 0. The van der Waals surface area contributed by atoms with Gasteiger partial charge in [0.1, 0.15) is 0 Å². The van der Waals surface area contributed by atoms with E-state index in [1.54, 1.807) is 4.88 Å². The molecule has 0 spiro atoms. The number of hydrogen-bond donors (Lipinski definition) is 1. The molecule has 2 bridgehead atoms. The normalized spacial score (nSPS) is 31.3. The minimum Gasteiger partial charge on any atom is -0.312 e. The van der Waals surface area contributed by atoms with Gasteiger partial charge in [-0.2, -0.15) is 0 Å². The molecule has 4 unspecified atom stereocenters. The Balaban J connectivity index is 1.52. The van der Waals surface area contributed by atoms with Crippen LogP contribution in [0.1, 0.15) is 43.0 Å². The van der Waals surface area contributed by atoms with E-state index < -0.39 is 0 Å². The summed E-state index contributed by atoms with van der Waals surface area (Å²) in [5.74, 6) is 3.10. The minimum absolute atomic E-state index is 0.578. The fourth-order valence-electron chi connectivity index (χ4n) is 4.30. The van der Waals surface area contributed by atoms with Crippen LogP contribution in [0.25, 0.3) is 9.40 Å². The first-order valence-corrected chi connectivity index (χ1v) is 9.17. The average molecular weight is 291 g/mol. The summed E-state index contributed by atoms with van der Waals surface area (Å²) in [6.07, 6.45) is 7.40. The third-order valence-corrected chi connectivity index (χ3v) is 7.48. The molecule has 4 atom stereocenters. The molecule has 2 heterocycles. The third kappa shape index (κ3) is 2.16. The molecule has 3 heteroatoms. The summed E-state index contributed by atoms with van der Waals surface area (Å²) in [7, 11) is 2.13. The van der Waals surface area contributed by atoms with E-state index in [1.807, 2.05) is 22.7 Å². The maximum absolute atomic E-state index is 3.57. The summed E-state index contributed by atoms with van der Waals surface area (Å²) in [6, 6.07) is 5.26. The molecule has 2 saturated carbocycles. The zero-order valence-corrected chi connectivity index (χ0v) is 13.0. The Bertz CT molecular complexity index is 542. The Morgan fingerprint density at radius 3 is 2.95 bits per heavy atom. The lowest BCUT2D eigenvalue weighted by molar-refractivity contribution is 0.285. The molecular formula is C16H21NS2. The van der Waals surface area contributed by atoms with Gasteiger partial charge in [-0.3, -0.25) is 0 Å². The van der Waals surface area contributed by atoms with E-state index in [1.165, 1.54) is 41.5 Å². The van der Waals surface area contributed by atoms with Crippen molar-refractivity contribution in [2.75, 3.05) is 7.05 Å². The van der Waals surface area contributed by atoms with Crippen LogP contribution in [0.3, 0.4) is 0 Å². The number of rotatable bonds is 4. The molecule has 0 radical (unpaired) electrons. The van der Waals surface area contributed by atoms with E-state index in [4.69, 9.17) is 0 Å². The van der Waals surface area contributed by atoms with Crippen molar-refractivity contribution in [3.8, 4) is 0 Å². The highest BCUT2D eigenvalue weighted by atomic mass is 32.1. The van der Waals surface area contributed by atoms with Crippen LogP contribution in [0.5, 0.6) is 0 Å². The molecule has 0 aromatic carbocycles. The predicted molar refractivity (Wildman–Crippen MR) is 85.1 cm³/mol. The second kappa shape index (κ2) is 4.87. The molecule has 0 saturated heterocycles. The highest BCUT2D eigenvalue weighted by molar-refractivity contribution is 7.26. The van der Waals surface area contributed by atoms with Crippen LogP contribution in [0, 0.1) is 17.8 Å². The Morgan fingerprint density at radius 1 is 1.32 bits per heavy atom. The lowest BCUT2D eigenvalue weighted by atomic mass is 9.84. The Hall–Kier alpha value is -0.380. The average Bonchev–Trinajstić information content (AvgIpc) is 3.13. The lowest BCUT2D eigenvalue weighted by Gasteiger charge is -2.26. The molecule has 2 fully saturated rings. The summed E-state index contributed by atoms with van der Waals surface area (Å²) in [6.45, 7) is 0. The molecule has 1 nitrogen and oxygen atoms in total. The maximum atomic E-state index is 3.57. The zero-order chi connectivity index (χ0) is 12.8. The van der Waals surface area contributed by atoms with Gasteiger partial charge in [0.05, 0.1) is 0 Å². The molecule has 102 valence electrons. The first kappa shape index (κ1) is 12.4. The van der Waals surface area contributed by atoms with Crippen LogP contribution in [0.4, 0.5) is 0 Å². The van der Waals surface area contributed by atoms with Crippen molar-refractivity contribution in [3.63, 3.8) is 0 Å². The third-order valence-electron chi connectivity index (χ3n) is 5.27. The van der Waals surface area contributed by atoms with Crippen molar-refractivity contribution >= 4 is 32.1 Å². The van der Waals surface area contributed by atoms with Gasteiger partial charge >= 0.3 is 0 Å². The highest BCUT2D eigenvalue weighted by Gasteiger charge is 2.40. The SMILES string of the molecule is CNC(CC1CC2CCC1C2)c1cc2sccc2s1. The Kier molecular flexibility index (Phi) is 3.17. The molecule has 2 aliphatic carbocycles. The maximum Gasteiger partial charge on any atom is 0.0454 e. The standard InChI is InChI=1S/C16H21NS2/c1-17-13(8-12-7-10-2-3-11(12)6-10)15-9-16-14(19-15)4-5-18-16/h4-5,9-13,17H,2-3,6-8H2,1H3. The second-order valence-corrected chi connectivity index (χ2v) is 8.37. The summed E-state index contributed by atoms with van der Waals surface area (Å²) < 4.78 is 2.93. The van der Waals surface area contributed by atoms with Gasteiger partial charge in [0.2, 0.25) is 0 Å². The fourth-order valence-corrected chi connectivity index (χ4v) is 6.54. The first-order valence-electron chi connectivity index (χ1n) is 7.47. The van der Waals surface area contributed by atoms with Crippen LogP contribution in [0.15, 0.2) is 17.5 Å². The van der Waals surface area contributed by atoms with Gasteiger partial charge in [-0.05, 0) is 68.0 Å². The van der Waals surface area contributed by atoms with Gasteiger partial charge in [-0.15, -0.1) is 22.7 Å². The largest absolute Gasteiger partial charge is 0.312 e. The van der Waals surface area contributed by atoms with Gasteiger partial charge in [0, 0.05) is 20.3 Å². The molecule has 2 aliphatic rings. The number of hydrogen-bond acceptors (Lipinski definition) is 3. The fraction of sp³-hybridized carbons (Fsp3) is 0.625. The van der Waals surface area contributed by atoms with E-state index in [2.05, 4.69) is 29.9 Å². The van der Waals surface area contributed by atoms with Crippen molar-refractivity contribution in [3.05, 3.63) is 22.4 Å². The van der Waals surface area contributed by atoms with Crippen LogP contribution in [-0.2, 0) is 0 Å². The van der Waals surface area contributed by atoms with Gasteiger partial charge in [-0.1, -0.05) is 6.42 Å². The molecule has 0 aliphatic heterocycles. The van der Waals surface area contributed by atoms with E-state index in [-0.39, 0.29) is 0 Å². The highest BCUT2D eigenvalue weighted by Crippen LogP contribution is 2.51. The zero-order valence-electron chi connectivity index (χ0n) is 11.4. The number of fused-ring (bicyclic) bond motifs is 3. The van der Waals surface area contributed by atoms with Gasteiger partial charge < -0.3 is 5.32 Å². The molecule has 2 aromatic heterocycles. The number of thiophene rings is 2. The lowest BCUT2D eigenvalue weighted by Crippen LogP contribution is -2.21. The Morgan fingerprint density at radius 2 is 2.26 bits per heavy atom. The van der Waals surface area contributed by atoms with Crippen molar-refractivity contribution < 1.29 is 0 Å². The number of nitrogens with one attached hydrogen (secondary N) is 1. The van der Waals surface area contributed by atoms with E-state index in [0.717, 1.165) is 17.8 Å². The van der Waals surface area contributed by atoms with Gasteiger partial charge in [0.25, 0.3) is 0 Å². The van der Waals surface area contributed by atoms with Crippen LogP contribution >= 0.6 is 22.7 Å². The summed E-state index contributed by atoms with van der Waals surface area (Å²) in [5, 5.41) is 5.77. The molecular weight excluding hydrogens is 270 g/mol. The van der Waals surface area contributed by atoms with Crippen molar-refractivity contribution in [1.29, 1.82) is 0 Å². The second-order valence-electron chi connectivity index (χ2n) is 6.31. The monoisotopic (exact) mass is 291 g/mol. The van der Waals surface area contributed by atoms with E-state index >= 15 is 0 Å². The van der Waals surface area contributed by atoms with E-state index in [0.29, 0.717) is 6.04 Å². The molecule has 2 aromatic rings. The Labute approximate surface area is 123 Å². The van der Waals surface area contributed by atoms with Crippen molar-refractivity contribution in [2.45, 2.75) is 38.1 Å². The smallest absolute Gasteiger partial charge is 0.0454 e. The molecule has 0 amide bonds. The summed E-state index contributed by atoms with van der Waals surface area (Å²) in [4.78, 5) is 1.55. The van der Waals surface area contributed by atoms with Crippen LogP contribution in [-0.4, -0.2) is 7.05 Å². The molecule has 1 N–H and O–H groups in total. The minimum atomic E-state index is 0.578. The predicted octanol–water partition coefficient (Wildman–Crippen LogP) is 5.05. The topological polar surface area (TPSA) is 12.0 Å². The summed E-state index contributed by atoms with van der Waals surface area (Å²) >= 11 is 3.86. The van der Waals surface area contributed by atoms with Gasteiger partial charge in [-0.25, -0.2) is 0 Å². The first-order chi connectivity index (χ1) is 9.33. The van der Waals surface area contributed by atoms with Crippen LogP contribution in [0.2, 0.25) is 0 Å². The van der Waals surface area contributed by atoms with Crippen LogP contribution < -0.4 is 5.32 Å². The quantitative estimate of drug-likeness (QED) is 0.831.